The van der Waals surface area contributed by atoms with Crippen LogP contribution in [-0.2, 0) is 4.79 Å². The van der Waals surface area contributed by atoms with Gasteiger partial charge < -0.3 is 10.0 Å². The van der Waals surface area contributed by atoms with Crippen molar-refractivity contribution >= 4 is 43.7 Å². The van der Waals surface area contributed by atoms with E-state index < -0.39 is 5.97 Å². The molecule has 6 heteroatoms. The number of aliphatic carboxylic acids is 1. The van der Waals surface area contributed by atoms with Crippen molar-refractivity contribution in [3.05, 3.63) is 32.7 Å². The first-order valence-electron chi connectivity index (χ1n) is 5.41. The number of carbonyl (C=O) groups is 2. The molecule has 1 N–H and O–H groups in total. The van der Waals surface area contributed by atoms with Gasteiger partial charge in [0.25, 0.3) is 5.91 Å². The lowest BCUT2D eigenvalue weighted by Gasteiger charge is -2.20. The average molecular weight is 379 g/mol. The smallest absolute Gasteiger partial charge is 0.323 e. The number of nitrogens with zero attached hydrogens (tertiary/aromatic N) is 1. The van der Waals surface area contributed by atoms with E-state index >= 15 is 0 Å². The van der Waals surface area contributed by atoms with E-state index in [9.17, 15) is 9.59 Å². The Morgan fingerprint density at radius 3 is 2.50 bits per heavy atom. The van der Waals surface area contributed by atoms with E-state index in [2.05, 4.69) is 31.9 Å². The summed E-state index contributed by atoms with van der Waals surface area (Å²) in [5.74, 6) is -1.29. The third-order valence-electron chi connectivity index (χ3n) is 2.27. The lowest BCUT2D eigenvalue weighted by Crippen LogP contribution is -2.36. The molecule has 98 valence electrons. The highest BCUT2D eigenvalue weighted by Crippen LogP contribution is 2.23. The second-order valence-electron chi connectivity index (χ2n) is 3.74. The maximum atomic E-state index is 12.2. The van der Waals surface area contributed by atoms with Crippen LogP contribution in [0.2, 0.25) is 0 Å². The summed E-state index contributed by atoms with van der Waals surface area (Å²) >= 11 is 6.61. The van der Waals surface area contributed by atoms with E-state index in [4.69, 9.17) is 5.11 Å². The molecule has 0 radical (unpaired) electrons. The fraction of sp³-hybridized carbons (Fsp3) is 0.333. The highest BCUT2D eigenvalue weighted by atomic mass is 79.9. The Labute approximate surface area is 122 Å². The third kappa shape index (κ3) is 4.10. The van der Waals surface area contributed by atoms with Crippen LogP contribution in [0.5, 0.6) is 0 Å². The standard InChI is InChI=1S/C12H13Br2NO3/c1-2-5-15(7-11(16)17)12(18)9-4-3-8(13)6-10(9)14/h3-4,6H,2,5,7H2,1H3,(H,16,17). The maximum Gasteiger partial charge on any atom is 0.323 e. The van der Waals surface area contributed by atoms with Gasteiger partial charge in [-0.05, 0) is 40.5 Å². The Bertz CT molecular complexity index is 463. The van der Waals surface area contributed by atoms with Gasteiger partial charge in [-0.1, -0.05) is 22.9 Å². The highest BCUT2D eigenvalue weighted by Gasteiger charge is 2.19. The minimum Gasteiger partial charge on any atom is -0.480 e. The minimum absolute atomic E-state index is 0.279. The Morgan fingerprint density at radius 1 is 1.33 bits per heavy atom. The lowest BCUT2D eigenvalue weighted by molar-refractivity contribution is -0.137. The van der Waals surface area contributed by atoms with E-state index in [-0.39, 0.29) is 12.5 Å². The second-order valence-corrected chi connectivity index (χ2v) is 5.51. The number of carboxylic acids is 1. The quantitative estimate of drug-likeness (QED) is 0.856. The predicted octanol–water partition coefficient (Wildman–Crippen LogP) is 3.15. The molecule has 0 aliphatic heterocycles. The summed E-state index contributed by atoms with van der Waals surface area (Å²) < 4.78 is 1.50. The first kappa shape index (κ1) is 15.2. The van der Waals surface area contributed by atoms with Crippen molar-refractivity contribution in [2.45, 2.75) is 13.3 Å². The summed E-state index contributed by atoms with van der Waals surface area (Å²) in [6, 6.07) is 5.18. The van der Waals surface area contributed by atoms with E-state index in [1.807, 2.05) is 6.92 Å². The molecule has 0 aliphatic rings. The fourth-order valence-electron chi connectivity index (χ4n) is 1.52. The summed E-state index contributed by atoms with van der Waals surface area (Å²) in [6.07, 6.45) is 0.715. The van der Waals surface area contributed by atoms with Gasteiger partial charge in [-0.15, -0.1) is 0 Å². The Hall–Kier alpha value is -0.880. The van der Waals surface area contributed by atoms with Gasteiger partial charge in [0.05, 0.1) is 5.56 Å². The zero-order chi connectivity index (χ0) is 13.7. The number of hydrogen-bond acceptors (Lipinski definition) is 2. The van der Waals surface area contributed by atoms with Crippen molar-refractivity contribution in [3.8, 4) is 0 Å². The number of benzene rings is 1. The molecule has 1 aromatic rings. The molecule has 0 saturated heterocycles. The van der Waals surface area contributed by atoms with Crippen LogP contribution in [0.1, 0.15) is 23.7 Å². The molecule has 1 amide bonds. The van der Waals surface area contributed by atoms with E-state index in [0.717, 1.165) is 4.47 Å². The van der Waals surface area contributed by atoms with Crippen molar-refractivity contribution in [2.24, 2.45) is 0 Å². The summed E-state index contributed by atoms with van der Waals surface area (Å²) in [6.45, 7) is 2.04. The Balaban J connectivity index is 2.97. The summed E-state index contributed by atoms with van der Waals surface area (Å²) in [7, 11) is 0. The van der Waals surface area contributed by atoms with E-state index in [1.54, 1.807) is 18.2 Å². The van der Waals surface area contributed by atoms with E-state index in [1.165, 1.54) is 4.90 Å². The molecule has 0 aromatic heterocycles. The number of carbonyl (C=O) groups excluding carboxylic acids is 1. The number of amides is 1. The third-order valence-corrected chi connectivity index (χ3v) is 3.42. The maximum absolute atomic E-state index is 12.2. The fourth-order valence-corrected chi connectivity index (χ4v) is 2.74. The van der Waals surface area contributed by atoms with Gasteiger partial charge in [0.2, 0.25) is 0 Å². The zero-order valence-corrected chi connectivity index (χ0v) is 13.0. The van der Waals surface area contributed by atoms with Crippen molar-refractivity contribution in [1.82, 2.24) is 4.90 Å². The molecule has 0 saturated carbocycles. The van der Waals surface area contributed by atoms with Crippen LogP contribution in [0.15, 0.2) is 27.1 Å². The van der Waals surface area contributed by atoms with Crippen LogP contribution in [-0.4, -0.2) is 35.0 Å². The Kier molecular flexibility index (Phi) is 5.81. The first-order valence-corrected chi connectivity index (χ1v) is 7.00. The summed E-state index contributed by atoms with van der Waals surface area (Å²) in [4.78, 5) is 24.3. The largest absolute Gasteiger partial charge is 0.480 e. The van der Waals surface area contributed by atoms with Crippen molar-refractivity contribution in [1.29, 1.82) is 0 Å². The van der Waals surface area contributed by atoms with Gasteiger partial charge in [-0.2, -0.15) is 0 Å². The molecule has 0 atom stereocenters. The molecule has 0 spiro atoms. The molecule has 0 unspecified atom stereocenters. The van der Waals surface area contributed by atoms with Crippen LogP contribution in [0.25, 0.3) is 0 Å². The van der Waals surface area contributed by atoms with Gasteiger partial charge in [0, 0.05) is 15.5 Å². The zero-order valence-electron chi connectivity index (χ0n) is 9.82. The van der Waals surface area contributed by atoms with Crippen LogP contribution in [0.3, 0.4) is 0 Å². The van der Waals surface area contributed by atoms with E-state index in [0.29, 0.717) is 23.0 Å². The molecular weight excluding hydrogens is 366 g/mol. The molecule has 4 nitrogen and oxygen atoms in total. The molecule has 0 fully saturated rings. The molecule has 0 bridgehead atoms. The molecule has 1 rings (SSSR count). The Morgan fingerprint density at radius 2 is 2.00 bits per heavy atom. The number of rotatable bonds is 5. The number of halogens is 2. The lowest BCUT2D eigenvalue weighted by atomic mass is 10.2. The summed E-state index contributed by atoms with van der Waals surface area (Å²) in [5.41, 5.74) is 0.466. The van der Waals surface area contributed by atoms with Gasteiger partial charge >= 0.3 is 5.97 Å². The SMILES string of the molecule is CCCN(CC(=O)O)C(=O)c1ccc(Br)cc1Br. The molecule has 0 aliphatic carbocycles. The normalized spacial score (nSPS) is 10.2. The number of hydrogen-bond donors (Lipinski definition) is 1. The summed E-state index contributed by atoms with van der Waals surface area (Å²) in [5, 5.41) is 8.81. The second kappa shape index (κ2) is 6.89. The number of carboxylic acid groups (broad SMARTS) is 1. The van der Waals surface area contributed by atoms with Crippen molar-refractivity contribution < 1.29 is 14.7 Å². The predicted molar refractivity (Wildman–Crippen MR) is 75.7 cm³/mol. The molecule has 0 heterocycles. The van der Waals surface area contributed by atoms with Crippen LogP contribution in [0, 0.1) is 0 Å². The van der Waals surface area contributed by atoms with Crippen LogP contribution in [0.4, 0.5) is 0 Å². The monoisotopic (exact) mass is 377 g/mol. The van der Waals surface area contributed by atoms with Gasteiger partial charge in [0.1, 0.15) is 6.54 Å². The first-order chi connectivity index (χ1) is 8.45. The van der Waals surface area contributed by atoms with Gasteiger partial charge in [-0.25, -0.2) is 0 Å². The molecule has 1 aromatic carbocycles. The van der Waals surface area contributed by atoms with Gasteiger partial charge in [-0.3, -0.25) is 9.59 Å². The molecule has 18 heavy (non-hydrogen) atoms. The van der Waals surface area contributed by atoms with Crippen molar-refractivity contribution in [2.75, 3.05) is 13.1 Å². The minimum atomic E-state index is -1.01. The highest BCUT2D eigenvalue weighted by molar-refractivity contribution is 9.11. The van der Waals surface area contributed by atoms with Crippen LogP contribution >= 0.6 is 31.9 Å². The average Bonchev–Trinajstić information content (AvgIpc) is 2.27. The van der Waals surface area contributed by atoms with Crippen molar-refractivity contribution in [3.63, 3.8) is 0 Å². The topological polar surface area (TPSA) is 57.6 Å². The van der Waals surface area contributed by atoms with Gasteiger partial charge in [0.15, 0.2) is 0 Å². The molecular formula is C12H13Br2NO3. The van der Waals surface area contributed by atoms with Crippen LogP contribution < -0.4 is 0 Å².